The first kappa shape index (κ1) is 39.0. The molecular weight excluding hydrogens is 679 g/mol. The predicted octanol–water partition coefficient (Wildman–Crippen LogP) is 4.40. The molecule has 0 aliphatic carbocycles. The van der Waals surface area contributed by atoms with E-state index in [1.54, 1.807) is 50.2 Å². The molecule has 2 aromatic carbocycles. The van der Waals surface area contributed by atoms with Crippen LogP contribution >= 0.6 is 7.60 Å². The molecule has 0 radical (unpaired) electrons. The van der Waals surface area contributed by atoms with Crippen LogP contribution in [0.2, 0.25) is 0 Å². The topological polar surface area (TPSA) is 168 Å². The maximum Gasteiger partial charge on any atom is 0.407 e. The summed E-state index contributed by atoms with van der Waals surface area (Å²) >= 11 is 0. The molecule has 1 amide bonds. The van der Waals surface area contributed by atoms with E-state index in [2.05, 4.69) is 5.32 Å². The summed E-state index contributed by atoms with van der Waals surface area (Å²) in [6, 6.07) is 11.9. The fraction of sp³-hybridized carbons (Fsp3) is 0.606. The van der Waals surface area contributed by atoms with Crippen molar-refractivity contribution in [3.63, 3.8) is 0 Å². The molecule has 2 fully saturated rings. The molecule has 2 aliphatic rings. The Morgan fingerprint density at radius 1 is 1.02 bits per heavy atom. The molecule has 2 aromatic rings. The van der Waals surface area contributed by atoms with Gasteiger partial charge >= 0.3 is 13.7 Å². The van der Waals surface area contributed by atoms with Gasteiger partial charge in [0.1, 0.15) is 17.6 Å². The van der Waals surface area contributed by atoms with E-state index in [1.807, 2.05) is 13.8 Å². The van der Waals surface area contributed by atoms with E-state index in [9.17, 15) is 22.9 Å². The number of hydrogen-bond acceptors (Lipinski definition) is 12. The number of carbonyl (C=O) groups excluding carboxylic acids is 1. The number of benzene rings is 2. The second-order valence-corrected chi connectivity index (χ2v) is 16.2. The zero-order valence-electron chi connectivity index (χ0n) is 28.7. The van der Waals surface area contributed by atoms with E-state index in [-0.39, 0.29) is 62.4 Å². The van der Waals surface area contributed by atoms with Crippen molar-refractivity contribution in [1.29, 1.82) is 0 Å². The number of carbonyl (C=O) groups is 1. The van der Waals surface area contributed by atoms with Gasteiger partial charge in [-0.25, -0.2) is 13.2 Å². The normalized spacial score (nSPS) is 20.6. The number of nitrogens with zero attached hydrogens (tertiary/aromatic N) is 1. The second kappa shape index (κ2) is 18.0. The van der Waals surface area contributed by atoms with E-state index < -0.39 is 48.3 Å². The van der Waals surface area contributed by atoms with E-state index in [1.165, 1.54) is 23.5 Å². The smallest absolute Gasteiger partial charge is 0.407 e. The third-order valence-corrected chi connectivity index (χ3v) is 11.7. The highest BCUT2D eigenvalue weighted by atomic mass is 32.2. The second-order valence-electron chi connectivity index (χ2n) is 12.2. The van der Waals surface area contributed by atoms with Crippen molar-refractivity contribution in [2.45, 2.75) is 70.0 Å². The Hall–Kier alpha value is -2.75. The van der Waals surface area contributed by atoms with Gasteiger partial charge in [-0.1, -0.05) is 26.0 Å². The van der Waals surface area contributed by atoms with Crippen LogP contribution in [0.15, 0.2) is 53.4 Å². The average Bonchev–Trinajstić information content (AvgIpc) is 3.69. The number of methoxy groups -OCH3 is 1. The molecule has 2 saturated heterocycles. The Kier molecular flexibility index (Phi) is 14.3. The zero-order chi connectivity index (χ0) is 35.6. The lowest BCUT2D eigenvalue weighted by atomic mass is 10.0. The Balaban J connectivity index is 1.52. The number of nitrogens with one attached hydrogen (secondary N) is 1. The maximum atomic E-state index is 13.8. The summed E-state index contributed by atoms with van der Waals surface area (Å²) in [6.07, 6.45) is -2.47. The monoisotopic (exact) mass is 728 g/mol. The highest BCUT2D eigenvalue weighted by Gasteiger charge is 2.44. The predicted molar refractivity (Wildman–Crippen MR) is 180 cm³/mol. The SMILES string of the molecule is CCOP(=O)(COc1ccc(CC(NC(=O)OC2CO[C@H]3OCC[C@@H]23)[C@H](O)CN(CC(C)C)S(=O)(=O)c2ccc(OC)cc2)cc1)OCC. The fourth-order valence-corrected chi connectivity index (χ4v) is 8.64. The van der Waals surface area contributed by atoms with Crippen molar-refractivity contribution in [2.75, 3.05) is 53.0 Å². The summed E-state index contributed by atoms with van der Waals surface area (Å²) in [5.41, 5.74) is 0.705. The first-order valence-electron chi connectivity index (χ1n) is 16.5. The number of alkyl carbamates (subject to hydrolysis) is 1. The number of hydrogen-bond donors (Lipinski definition) is 2. The molecule has 0 aromatic heterocycles. The third-order valence-electron chi connectivity index (χ3n) is 8.09. The van der Waals surface area contributed by atoms with Crippen LogP contribution in [0, 0.1) is 11.8 Å². The molecule has 0 saturated carbocycles. The van der Waals surface area contributed by atoms with Gasteiger partial charge in [-0.05, 0) is 74.6 Å². The maximum absolute atomic E-state index is 13.8. The van der Waals surface area contributed by atoms with Gasteiger partial charge in [0.05, 0.1) is 56.5 Å². The number of rotatable bonds is 19. The summed E-state index contributed by atoms with van der Waals surface area (Å²) < 4.78 is 79.8. The van der Waals surface area contributed by atoms with Crippen molar-refractivity contribution in [3.05, 3.63) is 54.1 Å². The van der Waals surface area contributed by atoms with Gasteiger partial charge in [0, 0.05) is 13.1 Å². The average molecular weight is 729 g/mol. The summed E-state index contributed by atoms with van der Waals surface area (Å²) in [5, 5.41) is 14.4. The van der Waals surface area contributed by atoms with Crippen LogP contribution in [0.25, 0.3) is 0 Å². The van der Waals surface area contributed by atoms with Crippen molar-refractivity contribution < 1.29 is 55.6 Å². The van der Waals surface area contributed by atoms with Crippen molar-refractivity contribution in [2.24, 2.45) is 11.8 Å². The molecule has 14 nitrogen and oxygen atoms in total. The Morgan fingerprint density at radius 2 is 1.67 bits per heavy atom. The van der Waals surface area contributed by atoms with E-state index in [0.717, 1.165) is 0 Å². The summed E-state index contributed by atoms with van der Waals surface area (Å²) in [6.45, 7) is 8.14. The van der Waals surface area contributed by atoms with Gasteiger partial charge in [-0.3, -0.25) is 4.57 Å². The first-order valence-corrected chi connectivity index (χ1v) is 19.7. The molecular formula is C33H49N2O12PS. The number of fused-ring (bicyclic) bond motifs is 1. The van der Waals surface area contributed by atoms with Crippen molar-refractivity contribution in [1.82, 2.24) is 9.62 Å². The number of aliphatic hydroxyl groups excluding tert-OH is 1. The van der Waals surface area contributed by atoms with Gasteiger partial charge in [0.25, 0.3) is 0 Å². The first-order chi connectivity index (χ1) is 23.4. The van der Waals surface area contributed by atoms with Gasteiger partial charge in [-0.2, -0.15) is 4.31 Å². The molecule has 0 spiro atoms. The van der Waals surface area contributed by atoms with Gasteiger partial charge in [-0.15, -0.1) is 0 Å². The lowest BCUT2D eigenvalue weighted by Crippen LogP contribution is -2.51. The Labute approximate surface area is 288 Å². The highest BCUT2D eigenvalue weighted by molar-refractivity contribution is 7.89. The quantitative estimate of drug-likeness (QED) is 0.196. The van der Waals surface area contributed by atoms with Gasteiger partial charge < -0.3 is 43.2 Å². The minimum atomic E-state index is -4.03. The molecule has 2 unspecified atom stereocenters. The third kappa shape index (κ3) is 10.9. The summed E-state index contributed by atoms with van der Waals surface area (Å²) in [7, 11) is -5.96. The van der Waals surface area contributed by atoms with Crippen LogP contribution in [-0.4, -0.2) is 101 Å². The molecule has 0 bridgehead atoms. The van der Waals surface area contributed by atoms with Crippen molar-refractivity contribution in [3.8, 4) is 11.5 Å². The van der Waals surface area contributed by atoms with Crippen LogP contribution in [0.1, 0.15) is 39.7 Å². The van der Waals surface area contributed by atoms with Crippen LogP contribution in [0.5, 0.6) is 11.5 Å². The number of aliphatic hydroxyl groups is 1. The molecule has 16 heteroatoms. The van der Waals surface area contributed by atoms with Crippen LogP contribution in [0.4, 0.5) is 4.79 Å². The number of ether oxygens (including phenoxy) is 5. The van der Waals surface area contributed by atoms with Gasteiger partial charge in [0.2, 0.25) is 10.0 Å². The van der Waals surface area contributed by atoms with Crippen LogP contribution in [0.3, 0.4) is 0 Å². The molecule has 2 heterocycles. The lowest BCUT2D eigenvalue weighted by Gasteiger charge is -2.31. The zero-order valence-corrected chi connectivity index (χ0v) is 30.4. The minimum Gasteiger partial charge on any atom is -0.497 e. The highest BCUT2D eigenvalue weighted by Crippen LogP contribution is 2.47. The standard InChI is InChI=1S/C33H49N2O12PS/c1-6-45-48(38,46-7-2)22-44-26-10-8-24(9-11-26)18-29(34-33(37)47-31-21-43-32-28(31)16-17-42-32)30(36)20-35(19-23(3)4)49(39,40)27-14-12-25(41-5)13-15-27/h8-15,23,28-32,36H,6-7,16-22H2,1-5H3,(H,34,37)/t28-,29?,30+,31?,32+/m0/s1. The number of amides is 1. The summed E-state index contributed by atoms with van der Waals surface area (Å²) in [5.74, 6) is 0.776. The Morgan fingerprint density at radius 3 is 2.29 bits per heavy atom. The molecule has 49 heavy (non-hydrogen) atoms. The number of sulfonamides is 1. The largest absolute Gasteiger partial charge is 0.497 e. The molecule has 4 rings (SSSR count). The van der Waals surface area contributed by atoms with Crippen LogP contribution in [-0.2, 0) is 44.3 Å². The Bertz CT molecular complexity index is 1480. The van der Waals surface area contributed by atoms with E-state index in [0.29, 0.717) is 30.1 Å². The molecule has 2 N–H and O–H groups in total. The van der Waals surface area contributed by atoms with E-state index >= 15 is 0 Å². The molecule has 2 aliphatic heterocycles. The lowest BCUT2D eigenvalue weighted by molar-refractivity contribution is -0.0907. The molecule has 5 atom stereocenters. The molecule has 274 valence electrons. The van der Waals surface area contributed by atoms with Gasteiger partial charge in [0.15, 0.2) is 12.6 Å². The van der Waals surface area contributed by atoms with Crippen LogP contribution < -0.4 is 14.8 Å². The van der Waals surface area contributed by atoms with Crippen molar-refractivity contribution >= 4 is 23.7 Å². The summed E-state index contributed by atoms with van der Waals surface area (Å²) in [4.78, 5) is 13.3. The van der Waals surface area contributed by atoms with E-state index in [4.69, 9.17) is 32.7 Å². The minimum absolute atomic E-state index is 0.0495. The fourth-order valence-electron chi connectivity index (χ4n) is 5.70.